The summed E-state index contributed by atoms with van der Waals surface area (Å²) in [5.74, 6) is 0.903. The van der Waals surface area contributed by atoms with Crippen molar-refractivity contribution in [1.82, 2.24) is 0 Å². The molecule has 1 aromatic carbocycles. The van der Waals surface area contributed by atoms with Gasteiger partial charge in [0.2, 0.25) is 0 Å². The number of methoxy groups -OCH3 is 1. The Morgan fingerprint density at radius 3 is 2.25 bits per heavy atom. The van der Waals surface area contributed by atoms with Crippen molar-refractivity contribution in [1.29, 1.82) is 0 Å². The number of anilines is 1. The summed E-state index contributed by atoms with van der Waals surface area (Å²) < 4.78 is 10.7. The zero-order valence-corrected chi connectivity index (χ0v) is 10.5. The Kier molecular flexibility index (Phi) is 5.12. The van der Waals surface area contributed by atoms with Gasteiger partial charge in [-0.15, -0.1) is 0 Å². The minimum atomic E-state index is 0.214. The Hall–Kier alpha value is -1.22. The molecule has 0 aliphatic heterocycles. The number of ether oxygens (including phenoxy) is 2. The number of rotatable bonds is 6. The molecule has 1 N–H and O–H groups in total. The Morgan fingerprint density at radius 2 is 1.75 bits per heavy atom. The van der Waals surface area contributed by atoms with Crippen LogP contribution in [0.1, 0.15) is 20.8 Å². The van der Waals surface area contributed by atoms with Crippen LogP contribution in [0.5, 0.6) is 5.75 Å². The van der Waals surface area contributed by atoms with Gasteiger partial charge in [-0.1, -0.05) is 0 Å². The number of hydrogen-bond acceptors (Lipinski definition) is 3. The summed E-state index contributed by atoms with van der Waals surface area (Å²) in [6, 6.07) is 7.97. The molecule has 0 bridgehead atoms. The van der Waals surface area contributed by atoms with Gasteiger partial charge in [-0.25, -0.2) is 0 Å². The Balaban J connectivity index is 2.45. The van der Waals surface area contributed by atoms with Crippen LogP contribution in [-0.2, 0) is 4.74 Å². The van der Waals surface area contributed by atoms with Crippen LogP contribution in [0.2, 0.25) is 0 Å². The first-order valence-electron chi connectivity index (χ1n) is 5.65. The lowest BCUT2D eigenvalue weighted by Gasteiger charge is -2.13. The van der Waals surface area contributed by atoms with Crippen molar-refractivity contribution in [2.75, 3.05) is 19.0 Å². The van der Waals surface area contributed by atoms with Crippen LogP contribution in [0.4, 0.5) is 5.69 Å². The fraction of sp³-hybridized carbons (Fsp3) is 0.538. The standard InChI is InChI=1S/C13H21NO2/c1-10(2)16-13-7-5-12(6-8-13)14-9-11(3)15-4/h5-8,10-11,14H,9H2,1-4H3. The Bertz CT molecular complexity index is 295. The molecular weight excluding hydrogens is 202 g/mol. The van der Waals surface area contributed by atoms with Crippen LogP contribution in [0.3, 0.4) is 0 Å². The lowest BCUT2D eigenvalue weighted by Crippen LogP contribution is -2.17. The topological polar surface area (TPSA) is 30.5 Å². The molecule has 0 spiro atoms. The van der Waals surface area contributed by atoms with Gasteiger partial charge in [0, 0.05) is 19.3 Å². The molecule has 1 unspecified atom stereocenters. The summed E-state index contributed by atoms with van der Waals surface area (Å²) in [7, 11) is 1.71. The van der Waals surface area contributed by atoms with Crippen molar-refractivity contribution in [2.45, 2.75) is 33.0 Å². The van der Waals surface area contributed by atoms with E-state index in [-0.39, 0.29) is 12.2 Å². The summed E-state index contributed by atoms with van der Waals surface area (Å²) in [5.41, 5.74) is 1.08. The first-order valence-corrected chi connectivity index (χ1v) is 5.65. The van der Waals surface area contributed by atoms with E-state index in [0.717, 1.165) is 18.0 Å². The molecule has 3 nitrogen and oxygen atoms in total. The third kappa shape index (κ3) is 4.53. The van der Waals surface area contributed by atoms with Gasteiger partial charge in [-0.2, -0.15) is 0 Å². The Morgan fingerprint density at radius 1 is 1.12 bits per heavy atom. The number of hydrogen-bond donors (Lipinski definition) is 1. The van der Waals surface area contributed by atoms with Crippen LogP contribution in [-0.4, -0.2) is 25.9 Å². The molecule has 1 rings (SSSR count). The predicted molar refractivity (Wildman–Crippen MR) is 67.2 cm³/mol. The molecule has 0 saturated carbocycles. The van der Waals surface area contributed by atoms with Crippen LogP contribution in [0.25, 0.3) is 0 Å². The molecule has 90 valence electrons. The van der Waals surface area contributed by atoms with Gasteiger partial charge in [-0.3, -0.25) is 0 Å². The first-order chi connectivity index (χ1) is 7.61. The SMILES string of the molecule is COC(C)CNc1ccc(OC(C)C)cc1. The molecule has 0 aromatic heterocycles. The average molecular weight is 223 g/mol. The monoisotopic (exact) mass is 223 g/mol. The largest absolute Gasteiger partial charge is 0.491 e. The molecule has 0 radical (unpaired) electrons. The van der Waals surface area contributed by atoms with E-state index >= 15 is 0 Å². The lowest BCUT2D eigenvalue weighted by atomic mass is 10.3. The van der Waals surface area contributed by atoms with Crippen LogP contribution in [0.15, 0.2) is 24.3 Å². The minimum Gasteiger partial charge on any atom is -0.491 e. The zero-order valence-electron chi connectivity index (χ0n) is 10.5. The molecule has 0 amide bonds. The number of nitrogens with one attached hydrogen (secondary N) is 1. The van der Waals surface area contributed by atoms with Gasteiger partial charge in [0.1, 0.15) is 5.75 Å². The van der Waals surface area contributed by atoms with E-state index in [1.165, 1.54) is 0 Å². The van der Waals surface area contributed by atoms with E-state index in [2.05, 4.69) is 5.32 Å². The summed E-state index contributed by atoms with van der Waals surface area (Å²) in [6.45, 7) is 6.88. The third-order valence-electron chi connectivity index (χ3n) is 2.22. The summed E-state index contributed by atoms with van der Waals surface area (Å²) in [5, 5.41) is 3.30. The summed E-state index contributed by atoms with van der Waals surface area (Å²) in [6.07, 6.45) is 0.430. The fourth-order valence-electron chi connectivity index (χ4n) is 1.27. The normalized spacial score (nSPS) is 12.6. The molecule has 1 aromatic rings. The summed E-state index contributed by atoms with van der Waals surface area (Å²) in [4.78, 5) is 0. The molecule has 3 heteroatoms. The molecule has 0 aliphatic carbocycles. The second kappa shape index (κ2) is 6.38. The highest BCUT2D eigenvalue weighted by Gasteiger charge is 2.00. The van der Waals surface area contributed by atoms with E-state index in [0.29, 0.717) is 0 Å². The quantitative estimate of drug-likeness (QED) is 0.804. The smallest absolute Gasteiger partial charge is 0.119 e. The highest BCUT2D eigenvalue weighted by Crippen LogP contribution is 2.16. The van der Waals surface area contributed by atoms with E-state index in [1.807, 2.05) is 45.0 Å². The second-order valence-electron chi connectivity index (χ2n) is 4.12. The van der Waals surface area contributed by atoms with E-state index in [1.54, 1.807) is 7.11 Å². The maximum atomic E-state index is 5.56. The van der Waals surface area contributed by atoms with Crippen molar-refractivity contribution < 1.29 is 9.47 Å². The van der Waals surface area contributed by atoms with Crippen molar-refractivity contribution in [3.8, 4) is 5.75 Å². The molecule has 1 atom stereocenters. The van der Waals surface area contributed by atoms with E-state index in [9.17, 15) is 0 Å². The molecular formula is C13H21NO2. The second-order valence-corrected chi connectivity index (χ2v) is 4.12. The molecule has 0 fully saturated rings. The lowest BCUT2D eigenvalue weighted by molar-refractivity contribution is 0.129. The zero-order chi connectivity index (χ0) is 12.0. The molecule has 0 aliphatic rings. The molecule has 0 heterocycles. The number of benzene rings is 1. The van der Waals surface area contributed by atoms with Gasteiger partial charge in [0.05, 0.1) is 12.2 Å². The average Bonchev–Trinajstić information content (AvgIpc) is 2.27. The van der Waals surface area contributed by atoms with Gasteiger partial charge in [0.15, 0.2) is 0 Å². The van der Waals surface area contributed by atoms with Crippen LogP contribution in [0, 0.1) is 0 Å². The van der Waals surface area contributed by atoms with Gasteiger partial charge in [0.25, 0.3) is 0 Å². The van der Waals surface area contributed by atoms with Gasteiger partial charge < -0.3 is 14.8 Å². The third-order valence-corrected chi connectivity index (χ3v) is 2.22. The Labute approximate surface area is 97.8 Å². The van der Waals surface area contributed by atoms with Crippen LogP contribution >= 0.6 is 0 Å². The maximum Gasteiger partial charge on any atom is 0.119 e. The van der Waals surface area contributed by atoms with E-state index in [4.69, 9.17) is 9.47 Å². The van der Waals surface area contributed by atoms with Crippen molar-refractivity contribution in [2.24, 2.45) is 0 Å². The first kappa shape index (κ1) is 12.8. The van der Waals surface area contributed by atoms with E-state index < -0.39 is 0 Å². The maximum absolute atomic E-state index is 5.56. The highest BCUT2D eigenvalue weighted by atomic mass is 16.5. The molecule has 16 heavy (non-hydrogen) atoms. The van der Waals surface area contributed by atoms with Gasteiger partial charge >= 0.3 is 0 Å². The predicted octanol–water partition coefficient (Wildman–Crippen LogP) is 2.92. The summed E-state index contributed by atoms with van der Waals surface area (Å²) >= 11 is 0. The van der Waals surface area contributed by atoms with Crippen molar-refractivity contribution in [3.05, 3.63) is 24.3 Å². The van der Waals surface area contributed by atoms with Crippen LogP contribution < -0.4 is 10.1 Å². The highest BCUT2D eigenvalue weighted by molar-refractivity contribution is 5.46. The van der Waals surface area contributed by atoms with Crippen molar-refractivity contribution >= 4 is 5.69 Å². The fourth-order valence-corrected chi connectivity index (χ4v) is 1.27. The van der Waals surface area contributed by atoms with Gasteiger partial charge in [-0.05, 0) is 45.0 Å². The minimum absolute atomic E-state index is 0.214. The van der Waals surface area contributed by atoms with Crippen molar-refractivity contribution in [3.63, 3.8) is 0 Å². The molecule has 0 saturated heterocycles.